The van der Waals surface area contributed by atoms with Gasteiger partial charge in [-0.15, -0.1) is 0 Å². The topological polar surface area (TPSA) is 551 Å². The maximum atomic E-state index is 13.6. The zero-order chi connectivity index (χ0) is 56.1. The Balaban J connectivity index is 1.08. The maximum absolute atomic E-state index is 13.6. The number of rotatable bonds is 7. The van der Waals surface area contributed by atoms with Crippen LogP contribution in [0.25, 0.3) is 0 Å². The van der Waals surface area contributed by atoms with Crippen LogP contribution in [0, 0.1) is 0 Å². The third-order valence-electron chi connectivity index (χ3n) is 14.6. The van der Waals surface area contributed by atoms with Crippen molar-refractivity contribution >= 4 is 5.78 Å². The minimum absolute atomic E-state index is 1.05. The van der Waals surface area contributed by atoms with E-state index in [1.54, 1.807) is 0 Å². The number of ether oxygens (including phenoxy) is 14. The number of carbonyl (C=O) groups is 1. The summed E-state index contributed by atoms with van der Waals surface area (Å²) in [6.07, 6.45) is -69.1. The van der Waals surface area contributed by atoms with E-state index in [4.69, 9.17) is 66.3 Å². The molecular weight excluding hydrogens is 1060 g/mol. The molecule has 35 nitrogen and oxygen atoms in total. The van der Waals surface area contributed by atoms with Crippen LogP contribution in [0.1, 0.15) is 0 Å². The second-order valence-electron chi connectivity index (χ2n) is 19.5. The van der Waals surface area contributed by atoms with E-state index in [0.717, 1.165) is 0 Å². The van der Waals surface area contributed by atoms with Crippen LogP contribution in [-0.2, 0) is 71.1 Å². The van der Waals surface area contributed by atoms with E-state index in [9.17, 15) is 107 Å². The third kappa shape index (κ3) is 12.0. The van der Waals surface area contributed by atoms with Crippen LogP contribution in [0.5, 0.6) is 0 Å². The molecule has 77 heavy (non-hydrogen) atoms. The Morgan fingerprint density at radius 2 is 0.416 bits per heavy atom. The summed E-state index contributed by atoms with van der Waals surface area (Å²) >= 11 is 0. The molecule has 35 heteroatoms. The van der Waals surface area contributed by atoms with E-state index in [-0.39, 0.29) is 0 Å². The summed E-state index contributed by atoms with van der Waals surface area (Å²) in [5.41, 5.74) is 0. The summed E-state index contributed by atoms with van der Waals surface area (Å²) in [7, 11) is 0. The molecule has 0 aromatic rings. The number of hydrogen-bond donors (Lipinski definition) is 20. The SMILES string of the molecule is O=C1C2O[C@H]3[C@H](O)[C@@H](O)C(O[C@H]4[C@H](O)[C@@H](O)C(O[C@H]5[C@H](O)[C@@H](O)C(O[C@H]6[C@H](O)[C@@H](O)C(O[C@@H]6CO)O[C@H]6C(O)[C@@H](O)C(O[C@@H]7C(CO)OC(O[C@@H]([C@@H]1O)[C@@H](CO)O2)[C@H](O)[C@H]7O)O[C@@H]6CO)O[C@@H]5CO)O[C@@H]4CO)O[C@@H]3CO. The van der Waals surface area contributed by atoms with Crippen molar-refractivity contribution in [1.82, 2.24) is 0 Å². The van der Waals surface area contributed by atoms with E-state index in [1.807, 2.05) is 0 Å². The van der Waals surface area contributed by atoms with E-state index in [0.29, 0.717) is 0 Å². The average molecular weight is 1130 g/mol. The largest absolute Gasteiger partial charge is 0.394 e. The third-order valence-corrected chi connectivity index (χ3v) is 14.6. The molecule has 0 aromatic heterocycles. The number of carbonyl (C=O) groups excluding carboxylic acids is 1. The highest BCUT2D eigenvalue weighted by atomic mass is 16.8. The van der Waals surface area contributed by atoms with E-state index in [2.05, 4.69) is 0 Å². The van der Waals surface area contributed by atoms with Crippen LogP contribution in [0.2, 0.25) is 0 Å². The standard InChI is InChI=1S/C42H68O35/c43-1-8-29-15(50)22(57)36(64-8)72-30-9(2-44)66-38(24(59)17(30)52)74-32-11(4-46)68-40(26(61)19(32)54)76-34-13(6-48)70-42(28(63)21(34)56)77-35-14(7-49)69-41(27(62)20(35)55)75-33-12(5-47)67-39(25(60)18(33)53)73-31-10(3-45)65-37(71-29)23(58)16(31)51/h8-27,29-62H,1-7H2/t8-,9-,10-,11?,12-,13-,14-,15-,16-,17?,18-,19-,20-,21-,22-,23-,24-,25-,26-,27-,29-,30-,31-,32-,33-,34-,35-,36?,37?,38?,39?,40?,41?,42?/m1/s1. The van der Waals surface area contributed by atoms with Gasteiger partial charge in [0.2, 0.25) is 12.1 Å². The van der Waals surface area contributed by atoms with Gasteiger partial charge in [0.1, 0.15) is 165 Å². The van der Waals surface area contributed by atoms with Crippen LogP contribution in [0.3, 0.4) is 0 Å². The highest BCUT2D eigenvalue weighted by Gasteiger charge is 2.59. The number of ketones is 1. The lowest BCUT2D eigenvalue weighted by Crippen LogP contribution is -2.68. The molecule has 0 aromatic carbocycles. The summed E-state index contributed by atoms with van der Waals surface area (Å²) in [4.78, 5) is 13.6. The summed E-state index contributed by atoms with van der Waals surface area (Å²) in [6, 6.07) is 0. The first kappa shape index (κ1) is 61.4. The minimum atomic E-state index is -2.36. The van der Waals surface area contributed by atoms with Gasteiger partial charge in [0.15, 0.2) is 37.7 Å². The maximum Gasteiger partial charge on any atom is 0.221 e. The van der Waals surface area contributed by atoms with Crippen molar-refractivity contribution in [1.29, 1.82) is 0 Å². The molecule has 0 radical (unpaired) electrons. The van der Waals surface area contributed by atoms with Crippen molar-refractivity contribution in [2.75, 3.05) is 46.2 Å². The first-order valence-corrected chi connectivity index (χ1v) is 24.5. The molecule has 14 bridgehead atoms. The molecule has 15 aliphatic rings. The van der Waals surface area contributed by atoms with E-state index < -0.39 is 261 Å². The molecule has 34 atom stereocenters. The number of aliphatic hydroxyl groups is 20. The molecule has 15 fully saturated rings. The monoisotopic (exact) mass is 1130 g/mol. The zero-order valence-corrected chi connectivity index (χ0v) is 40.1. The van der Waals surface area contributed by atoms with Gasteiger partial charge in [-0.3, -0.25) is 4.79 Å². The number of aliphatic hydroxyl groups excluding tert-OH is 20. The molecule has 0 spiro atoms. The van der Waals surface area contributed by atoms with Crippen molar-refractivity contribution in [2.24, 2.45) is 0 Å². The van der Waals surface area contributed by atoms with Gasteiger partial charge >= 0.3 is 0 Å². The van der Waals surface area contributed by atoms with Gasteiger partial charge in [-0.1, -0.05) is 0 Å². The lowest BCUT2D eigenvalue weighted by molar-refractivity contribution is -0.396. The van der Waals surface area contributed by atoms with Gasteiger partial charge < -0.3 is 168 Å². The summed E-state index contributed by atoms with van der Waals surface area (Å²) in [6.45, 7) is -7.44. The second kappa shape index (κ2) is 25.8. The van der Waals surface area contributed by atoms with Crippen molar-refractivity contribution in [3.8, 4) is 0 Å². The fraction of sp³-hybridized carbons (Fsp3) is 0.976. The fourth-order valence-electron chi connectivity index (χ4n) is 10.3. The molecule has 15 aliphatic heterocycles. The quantitative estimate of drug-likeness (QED) is 0.113. The van der Waals surface area contributed by atoms with Gasteiger partial charge in [0, 0.05) is 0 Å². The van der Waals surface area contributed by atoms with E-state index >= 15 is 0 Å². The molecule has 0 saturated carbocycles. The summed E-state index contributed by atoms with van der Waals surface area (Å²) in [5, 5.41) is 219. The predicted molar refractivity (Wildman–Crippen MR) is 227 cm³/mol. The van der Waals surface area contributed by atoms with Crippen molar-refractivity contribution in [2.45, 2.75) is 209 Å². The summed E-state index contributed by atoms with van der Waals surface area (Å²) < 4.78 is 79.1. The smallest absolute Gasteiger partial charge is 0.221 e. The molecule has 20 N–H and O–H groups in total. The van der Waals surface area contributed by atoms with Crippen molar-refractivity contribution < 1.29 is 173 Å². The molecule has 15 heterocycles. The molecular formula is C42H68O35. The Labute approximate surface area is 433 Å². The number of hydrogen-bond acceptors (Lipinski definition) is 35. The Bertz CT molecular complexity index is 1870. The molecule has 9 unspecified atom stereocenters. The van der Waals surface area contributed by atoms with Crippen LogP contribution in [-0.4, -0.2) is 363 Å². The van der Waals surface area contributed by atoms with Gasteiger partial charge in [-0.05, 0) is 0 Å². The highest BCUT2D eigenvalue weighted by Crippen LogP contribution is 2.38. The normalized spacial score (nSPS) is 54.4. The zero-order valence-electron chi connectivity index (χ0n) is 40.1. The van der Waals surface area contributed by atoms with Crippen LogP contribution in [0.15, 0.2) is 0 Å². The molecule has 446 valence electrons. The molecule has 15 saturated heterocycles. The van der Waals surface area contributed by atoms with Gasteiger partial charge in [0.05, 0.1) is 46.2 Å². The van der Waals surface area contributed by atoms with Gasteiger partial charge in [-0.2, -0.15) is 0 Å². The van der Waals surface area contributed by atoms with Crippen LogP contribution in [0.4, 0.5) is 0 Å². The molecule has 15 rings (SSSR count). The lowest BCUT2D eigenvalue weighted by Gasteiger charge is -2.50. The molecule has 0 aliphatic carbocycles. The Kier molecular flexibility index (Phi) is 20.6. The Morgan fingerprint density at radius 3 is 0.623 bits per heavy atom. The van der Waals surface area contributed by atoms with Gasteiger partial charge in [0.25, 0.3) is 0 Å². The van der Waals surface area contributed by atoms with Crippen molar-refractivity contribution in [3.05, 3.63) is 0 Å². The average Bonchev–Trinajstić information content (AvgIpc) is 3.45. The predicted octanol–water partition coefficient (Wildman–Crippen LogP) is -15.0. The first-order valence-electron chi connectivity index (χ1n) is 24.5. The second-order valence-corrected chi connectivity index (χ2v) is 19.5. The lowest BCUT2D eigenvalue weighted by atomic mass is 9.95. The fourth-order valence-corrected chi connectivity index (χ4v) is 10.3. The van der Waals surface area contributed by atoms with Crippen LogP contribution >= 0.6 is 0 Å². The number of fused-ring (bicyclic) bond motifs is 7. The molecule has 0 amide bonds. The Morgan fingerprint density at radius 1 is 0.234 bits per heavy atom. The Hall–Kier alpha value is -1.69. The number of Topliss-reactive ketones (excluding diaryl/α,β-unsaturated/α-hetero) is 1. The van der Waals surface area contributed by atoms with Crippen LogP contribution < -0.4 is 0 Å². The summed E-state index contributed by atoms with van der Waals surface area (Å²) in [5.74, 6) is -1.39. The minimum Gasteiger partial charge on any atom is -0.394 e. The highest BCUT2D eigenvalue weighted by molar-refractivity contribution is 5.87. The van der Waals surface area contributed by atoms with Crippen molar-refractivity contribution in [3.63, 3.8) is 0 Å². The first-order chi connectivity index (χ1) is 36.7. The van der Waals surface area contributed by atoms with E-state index in [1.165, 1.54) is 0 Å². The van der Waals surface area contributed by atoms with Gasteiger partial charge in [-0.25, -0.2) is 0 Å².